The smallest absolute Gasteiger partial charge is 0.0498 e. The summed E-state index contributed by atoms with van der Waals surface area (Å²) in [5, 5.41) is 0. The number of aliphatic imine (C=N–C) groups is 1. The molecular formula is C11H19N. The maximum Gasteiger partial charge on any atom is 0.0498 e. The Morgan fingerprint density at radius 1 is 1.42 bits per heavy atom. The summed E-state index contributed by atoms with van der Waals surface area (Å²) in [6.45, 7) is 6.81. The molecule has 2 fully saturated rings. The third kappa shape index (κ3) is 1.70. The Morgan fingerprint density at radius 3 is 2.42 bits per heavy atom. The quantitative estimate of drug-likeness (QED) is 0.570. The molecule has 0 amide bonds. The van der Waals surface area contributed by atoms with Crippen LogP contribution in [-0.2, 0) is 0 Å². The summed E-state index contributed by atoms with van der Waals surface area (Å²) in [6.07, 6.45) is 4.21. The normalized spacial score (nSPS) is 38.1. The van der Waals surface area contributed by atoms with Crippen molar-refractivity contribution in [3.63, 3.8) is 0 Å². The highest BCUT2D eigenvalue weighted by Crippen LogP contribution is 2.40. The predicted octanol–water partition coefficient (Wildman–Crippen LogP) is 2.90. The van der Waals surface area contributed by atoms with E-state index in [0.29, 0.717) is 6.04 Å². The van der Waals surface area contributed by atoms with Crippen molar-refractivity contribution >= 4 is 5.71 Å². The third-order valence-electron chi connectivity index (χ3n) is 3.36. The molecule has 2 rings (SSSR count). The van der Waals surface area contributed by atoms with Crippen LogP contribution in [-0.4, -0.2) is 11.8 Å². The van der Waals surface area contributed by atoms with Crippen LogP contribution >= 0.6 is 0 Å². The van der Waals surface area contributed by atoms with E-state index in [0.717, 1.165) is 17.8 Å². The summed E-state index contributed by atoms with van der Waals surface area (Å²) in [5.74, 6) is 2.68. The number of hydrogen-bond donors (Lipinski definition) is 0. The maximum atomic E-state index is 4.77. The van der Waals surface area contributed by atoms with E-state index >= 15 is 0 Å². The van der Waals surface area contributed by atoms with Crippen molar-refractivity contribution in [3.05, 3.63) is 0 Å². The molecule has 3 atom stereocenters. The Kier molecular flexibility index (Phi) is 1.97. The summed E-state index contributed by atoms with van der Waals surface area (Å²) in [4.78, 5) is 4.77. The molecule has 0 aromatic rings. The first kappa shape index (κ1) is 8.28. The van der Waals surface area contributed by atoms with E-state index in [1.807, 2.05) is 0 Å². The molecule has 1 nitrogen and oxygen atoms in total. The van der Waals surface area contributed by atoms with Crippen LogP contribution in [0, 0.1) is 17.8 Å². The van der Waals surface area contributed by atoms with E-state index in [1.165, 1.54) is 25.0 Å². The highest BCUT2D eigenvalue weighted by molar-refractivity contribution is 5.87. The highest BCUT2D eigenvalue weighted by atomic mass is 14.8. The SMILES string of the molecule is C/C(=N\C(C)C1CC1)C1CC1C. The van der Waals surface area contributed by atoms with Crippen molar-refractivity contribution in [2.75, 3.05) is 0 Å². The van der Waals surface area contributed by atoms with Crippen molar-refractivity contribution < 1.29 is 0 Å². The summed E-state index contributed by atoms with van der Waals surface area (Å²) in [7, 11) is 0. The Labute approximate surface area is 75.3 Å². The van der Waals surface area contributed by atoms with Gasteiger partial charge in [-0.05, 0) is 50.9 Å². The number of hydrogen-bond acceptors (Lipinski definition) is 1. The zero-order valence-corrected chi connectivity index (χ0v) is 8.38. The lowest BCUT2D eigenvalue weighted by Gasteiger charge is -2.05. The van der Waals surface area contributed by atoms with Gasteiger partial charge in [-0.15, -0.1) is 0 Å². The van der Waals surface area contributed by atoms with Crippen molar-refractivity contribution in [2.24, 2.45) is 22.7 Å². The van der Waals surface area contributed by atoms with E-state index in [9.17, 15) is 0 Å². The molecule has 2 aliphatic rings. The Hall–Kier alpha value is -0.330. The first-order chi connectivity index (χ1) is 5.68. The lowest BCUT2D eigenvalue weighted by molar-refractivity contribution is 0.648. The van der Waals surface area contributed by atoms with Crippen LogP contribution in [0.4, 0.5) is 0 Å². The Morgan fingerprint density at radius 2 is 2.00 bits per heavy atom. The fraction of sp³-hybridized carbons (Fsp3) is 0.909. The van der Waals surface area contributed by atoms with Gasteiger partial charge in [0.1, 0.15) is 0 Å². The van der Waals surface area contributed by atoms with Gasteiger partial charge in [-0.3, -0.25) is 4.99 Å². The molecule has 0 aromatic heterocycles. The second kappa shape index (κ2) is 2.86. The monoisotopic (exact) mass is 165 g/mol. The first-order valence-electron chi connectivity index (χ1n) is 5.22. The first-order valence-corrected chi connectivity index (χ1v) is 5.22. The van der Waals surface area contributed by atoms with E-state index in [2.05, 4.69) is 20.8 Å². The summed E-state index contributed by atoms with van der Waals surface area (Å²) in [5.41, 5.74) is 1.42. The second-order valence-corrected chi connectivity index (χ2v) is 4.67. The molecule has 68 valence electrons. The largest absolute Gasteiger partial charge is 0.291 e. The molecular weight excluding hydrogens is 146 g/mol. The van der Waals surface area contributed by atoms with Gasteiger partial charge in [-0.2, -0.15) is 0 Å². The lowest BCUT2D eigenvalue weighted by atomic mass is 10.2. The van der Waals surface area contributed by atoms with Crippen LogP contribution in [0.25, 0.3) is 0 Å². The van der Waals surface area contributed by atoms with Crippen LogP contribution in [0.3, 0.4) is 0 Å². The third-order valence-corrected chi connectivity index (χ3v) is 3.36. The van der Waals surface area contributed by atoms with Crippen LogP contribution in [0.5, 0.6) is 0 Å². The average Bonchev–Trinajstić information content (AvgIpc) is 2.78. The number of nitrogens with zero attached hydrogens (tertiary/aromatic N) is 1. The maximum absolute atomic E-state index is 4.77. The van der Waals surface area contributed by atoms with Gasteiger partial charge < -0.3 is 0 Å². The molecule has 3 unspecified atom stereocenters. The van der Waals surface area contributed by atoms with Gasteiger partial charge in [-0.25, -0.2) is 0 Å². The van der Waals surface area contributed by atoms with Gasteiger partial charge in [0.05, 0.1) is 0 Å². The molecule has 0 spiro atoms. The fourth-order valence-corrected chi connectivity index (χ4v) is 2.01. The lowest BCUT2D eigenvalue weighted by Crippen LogP contribution is -2.06. The molecule has 1 heteroatoms. The van der Waals surface area contributed by atoms with Crippen molar-refractivity contribution in [3.8, 4) is 0 Å². The summed E-state index contributed by atoms with van der Waals surface area (Å²) < 4.78 is 0. The molecule has 2 saturated carbocycles. The van der Waals surface area contributed by atoms with Crippen LogP contribution in [0.2, 0.25) is 0 Å². The molecule has 0 saturated heterocycles. The minimum atomic E-state index is 0.609. The summed E-state index contributed by atoms with van der Waals surface area (Å²) in [6, 6.07) is 0.609. The van der Waals surface area contributed by atoms with E-state index in [4.69, 9.17) is 4.99 Å². The summed E-state index contributed by atoms with van der Waals surface area (Å²) >= 11 is 0. The molecule has 2 aliphatic carbocycles. The zero-order valence-electron chi connectivity index (χ0n) is 8.38. The Balaban J connectivity index is 1.88. The van der Waals surface area contributed by atoms with Gasteiger partial charge in [0.15, 0.2) is 0 Å². The molecule has 0 N–H and O–H groups in total. The van der Waals surface area contributed by atoms with Gasteiger partial charge in [-0.1, -0.05) is 6.92 Å². The van der Waals surface area contributed by atoms with Crippen molar-refractivity contribution in [2.45, 2.75) is 46.1 Å². The molecule has 0 bridgehead atoms. The minimum absolute atomic E-state index is 0.609. The van der Waals surface area contributed by atoms with E-state index in [-0.39, 0.29) is 0 Å². The van der Waals surface area contributed by atoms with E-state index < -0.39 is 0 Å². The van der Waals surface area contributed by atoms with E-state index in [1.54, 1.807) is 0 Å². The fourth-order valence-electron chi connectivity index (χ4n) is 2.01. The van der Waals surface area contributed by atoms with Gasteiger partial charge in [0.2, 0.25) is 0 Å². The zero-order chi connectivity index (χ0) is 8.72. The second-order valence-electron chi connectivity index (χ2n) is 4.67. The molecule has 12 heavy (non-hydrogen) atoms. The Bertz CT molecular complexity index is 203. The van der Waals surface area contributed by atoms with Gasteiger partial charge >= 0.3 is 0 Å². The highest BCUT2D eigenvalue weighted by Gasteiger charge is 2.36. The molecule has 0 heterocycles. The van der Waals surface area contributed by atoms with Crippen LogP contribution in [0.15, 0.2) is 4.99 Å². The number of rotatable bonds is 3. The van der Waals surface area contributed by atoms with Crippen molar-refractivity contribution in [1.82, 2.24) is 0 Å². The standard InChI is InChI=1S/C11H19N/c1-7-6-11(7)9(3)12-8(2)10-4-5-10/h7-8,10-11H,4-6H2,1-3H3/b12-9+. The molecule has 0 aliphatic heterocycles. The minimum Gasteiger partial charge on any atom is -0.291 e. The van der Waals surface area contributed by atoms with Crippen LogP contribution in [0.1, 0.15) is 40.0 Å². The average molecular weight is 165 g/mol. The molecule has 0 radical (unpaired) electrons. The van der Waals surface area contributed by atoms with Crippen LogP contribution < -0.4 is 0 Å². The van der Waals surface area contributed by atoms with Crippen molar-refractivity contribution in [1.29, 1.82) is 0 Å². The van der Waals surface area contributed by atoms with Gasteiger partial charge in [0.25, 0.3) is 0 Å². The topological polar surface area (TPSA) is 12.4 Å². The molecule has 0 aromatic carbocycles. The predicted molar refractivity (Wildman–Crippen MR) is 52.6 cm³/mol. The van der Waals surface area contributed by atoms with Gasteiger partial charge in [0, 0.05) is 11.8 Å².